The van der Waals surface area contributed by atoms with E-state index in [0.717, 1.165) is 5.11 Å². The molecule has 0 aromatic heterocycles. The van der Waals surface area contributed by atoms with Crippen molar-refractivity contribution in [2.45, 2.75) is 6.04 Å². The minimum atomic E-state index is 0.191. The molecule has 0 saturated heterocycles. The van der Waals surface area contributed by atoms with Gasteiger partial charge < -0.3 is 9.80 Å². The lowest BCUT2D eigenvalue weighted by molar-refractivity contribution is 0.422. The van der Waals surface area contributed by atoms with E-state index in [4.69, 9.17) is 12.2 Å². The van der Waals surface area contributed by atoms with Crippen LogP contribution in [0.2, 0.25) is 0 Å². The van der Waals surface area contributed by atoms with Gasteiger partial charge in [0.1, 0.15) is 0 Å². The van der Waals surface area contributed by atoms with Crippen LogP contribution in [0.5, 0.6) is 0 Å². The SMILES string of the molecule is CN(C)C(=S)N1C=CC=CC1c1ccccc1. The van der Waals surface area contributed by atoms with Gasteiger partial charge in [-0.15, -0.1) is 0 Å². The Hall–Kier alpha value is -1.61. The predicted molar refractivity (Wildman–Crippen MR) is 75.6 cm³/mol. The van der Waals surface area contributed by atoms with Gasteiger partial charge in [0.2, 0.25) is 0 Å². The summed E-state index contributed by atoms with van der Waals surface area (Å²) in [5.41, 5.74) is 1.25. The smallest absolute Gasteiger partial charge is 0.175 e. The highest BCUT2D eigenvalue weighted by molar-refractivity contribution is 7.80. The Morgan fingerprint density at radius 2 is 1.88 bits per heavy atom. The standard InChI is InChI=1S/C14H16N2S/c1-15(2)14(17)16-11-7-6-10-13(16)12-8-4-3-5-9-12/h3-11,13H,1-2H3. The summed E-state index contributed by atoms with van der Waals surface area (Å²) in [7, 11) is 3.94. The van der Waals surface area contributed by atoms with Crippen molar-refractivity contribution in [3.8, 4) is 0 Å². The number of thiocarbonyl (C=S) groups is 1. The molecule has 1 aromatic carbocycles. The molecular weight excluding hydrogens is 228 g/mol. The zero-order chi connectivity index (χ0) is 12.3. The van der Waals surface area contributed by atoms with Crippen LogP contribution in [0.3, 0.4) is 0 Å². The van der Waals surface area contributed by atoms with Crippen molar-refractivity contribution in [1.82, 2.24) is 9.80 Å². The molecule has 1 aromatic rings. The van der Waals surface area contributed by atoms with Gasteiger partial charge in [-0.3, -0.25) is 0 Å². The van der Waals surface area contributed by atoms with Gasteiger partial charge in [0.15, 0.2) is 5.11 Å². The molecule has 0 aliphatic carbocycles. The summed E-state index contributed by atoms with van der Waals surface area (Å²) >= 11 is 5.44. The van der Waals surface area contributed by atoms with Gasteiger partial charge in [0.25, 0.3) is 0 Å². The maximum absolute atomic E-state index is 5.44. The second-order valence-electron chi connectivity index (χ2n) is 4.17. The summed E-state index contributed by atoms with van der Waals surface area (Å²) in [5.74, 6) is 0. The summed E-state index contributed by atoms with van der Waals surface area (Å²) in [6, 6.07) is 10.6. The van der Waals surface area contributed by atoms with Gasteiger partial charge in [-0.25, -0.2) is 0 Å². The molecule has 1 aliphatic heterocycles. The van der Waals surface area contributed by atoms with E-state index in [0.29, 0.717) is 0 Å². The summed E-state index contributed by atoms with van der Waals surface area (Å²) < 4.78 is 0. The lowest BCUT2D eigenvalue weighted by Crippen LogP contribution is -2.38. The van der Waals surface area contributed by atoms with E-state index < -0.39 is 0 Å². The number of hydrogen-bond donors (Lipinski definition) is 0. The van der Waals surface area contributed by atoms with Crippen LogP contribution >= 0.6 is 12.2 Å². The fraction of sp³-hybridized carbons (Fsp3) is 0.214. The van der Waals surface area contributed by atoms with Crippen molar-refractivity contribution in [1.29, 1.82) is 0 Å². The van der Waals surface area contributed by atoms with Crippen molar-refractivity contribution in [3.05, 3.63) is 60.3 Å². The molecule has 3 heteroatoms. The summed E-state index contributed by atoms with van der Waals surface area (Å²) in [5, 5.41) is 0.819. The maximum atomic E-state index is 5.44. The third-order valence-corrected chi connectivity index (χ3v) is 3.27. The van der Waals surface area contributed by atoms with Crippen LogP contribution in [0.4, 0.5) is 0 Å². The van der Waals surface area contributed by atoms with Gasteiger partial charge in [0, 0.05) is 20.3 Å². The number of nitrogens with zero attached hydrogens (tertiary/aromatic N) is 2. The largest absolute Gasteiger partial charge is 0.355 e. The van der Waals surface area contributed by atoms with Crippen molar-refractivity contribution >= 4 is 17.3 Å². The normalized spacial score (nSPS) is 18.2. The van der Waals surface area contributed by atoms with Crippen molar-refractivity contribution < 1.29 is 0 Å². The second kappa shape index (κ2) is 5.15. The van der Waals surface area contributed by atoms with E-state index in [1.165, 1.54) is 5.56 Å². The Bertz CT molecular complexity index is 449. The minimum Gasteiger partial charge on any atom is -0.355 e. The number of allylic oxidation sites excluding steroid dienone is 2. The maximum Gasteiger partial charge on any atom is 0.175 e. The molecule has 1 aliphatic rings. The molecule has 0 fully saturated rings. The van der Waals surface area contributed by atoms with Crippen LogP contribution in [0.1, 0.15) is 11.6 Å². The molecule has 0 amide bonds. The topological polar surface area (TPSA) is 6.48 Å². The molecule has 2 nitrogen and oxygen atoms in total. The Kier molecular flexibility index (Phi) is 3.59. The number of hydrogen-bond acceptors (Lipinski definition) is 1. The molecule has 0 radical (unpaired) electrons. The van der Waals surface area contributed by atoms with Crippen LogP contribution in [0, 0.1) is 0 Å². The van der Waals surface area contributed by atoms with Crippen LogP contribution in [-0.2, 0) is 0 Å². The van der Waals surface area contributed by atoms with Crippen molar-refractivity contribution in [2.75, 3.05) is 14.1 Å². The zero-order valence-electron chi connectivity index (χ0n) is 10.1. The van der Waals surface area contributed by atoms with Crippen LogP contribution in [0.25, 0.3) is 0 Å². The molecule has 17 heavy (non-hydrogen) atoms. The van der Waals surface area contributed by atoms with Crippen LogP contribution in [-0.4, -0.2) is 29.0 Å². The number of rotatable bonds is 1. The van der Waals surface area contributed by atoms with E-state index in [1.807, 2.05) is 37.3 Å². The first kappa shape index (κ1) is 11.9. The first-order valence-corrected chi connectivity index (χ1v) is 6.00. The van der Waals surface area contributed by atoms with E-state index in [-0.39, 0.29) is 6.04 Å². The molecule has 0 N–H and O–H groups in total. The fourth-order valence-electron chi connectivity index (χ4n) is 1.83. The van der Waals surface area contributed by atoms with Gasteiger partial charge in [0.05, 0.1) is 6.04 Å². The van der Waals surface area contributed by atoms with E-state index >= 15 is 0 Å². The Morgan fingerprint density at radius 3 is 2.53 bits per heavy atom. The van der Waals surface area contributed by atoms with E-state index in [1.54, 1.807) is 0 Å². The monoisotopic (exact) mass is 244 g/mol. The van der Waals surface area contributed by atoms with Crippen LogP contribution in [0.15, 0.2) is 54.8 Å². The van der Waals surface area contributed by atoms with Crippen LogP contribution < -0.4 is 0 Å². The van der Waals surface area contributed by atoms with Crippen molar-refractivity contribution in [3.63, 3.8) is 0 Å². The lowest BCUT2D eigenvalue weighted by atomic mass is 10.0. The summed E-state index contributed by atoms with van der Waals surface area (Å²) in [6.45, 7) is 0. The molecular formula is C14H16N2S. The Balaban J connectivity index is 2.29. The summed E-state index contributed by atoms with van der Waals surface area (Å²) in [6.07, 6.45) is 8.26. The van der Waals surface area contributed by atoms with Gasteiger partial charge in [-0.2, -0.15) is 0 Å². The first-order valence-electron chi connectivity index (χ1n) is 5.59. The zero-order valence-corrected chi connectivity index (χ0v) is 10.9. The summed E-state index contributed by atoms with van der Waals surface area (Å²) in [4.78, 5) is 4.06. The second-order valence-corrected chi connectivity index (χ2v) is 4.53. The molecule has 0 saturated carbocycles. The minimum absolute atomic E-state index is 0.191. The quantitative estimate of drug-likeness (QED) is 0.701. The third-order valence-electron chi connectivity index (χ3n) is 2.70. The fourth-order valence-corrected chi connectivity index (χ4v) is 2.01. The van der Waals surface area contributed by atoms with Gasteiger partial charge in [-0.05, 0) is 23.9 Å². The Labute approximate surface area is 108 Å². The number of benzene rings is 1. The molecule has 0 spiro atoms. The highest BCUT2D eigenvalue weighted by Gasteiger charge is 2.20. The van der Waals surface area contributed by atoms with E-state index in [2.05, 4.69) is 41.3 Å². The Morgan fingerprint density at radius 1 is 1.18 bits per heavy atom. The first-order chi connectivity index (χ1) is 8.20. The van der Waals surface area contributed by atoms with E-state index in [9.17, 15) is 0 Å². The molecule has 1 heterocycles. The van der Waals surface area contributed by atoms with Crippen molar-refractivity contribution in [2.24, 2.45) is 0 Å². The highest BCUT2D eigenvalue weighted by Crippen LogP contribution is 2.26. The average Bonchev–Trinajstić information content (AvgIpc) is 2.39. The predicted octanol–water partition coefficient (Wildman–Crippen LogP) is 2.96. The lowest BCUT2D eigenvalue weighted by Gasteiger charge is -2.33. The molecule has 1 unspecified atom stereocenters. The van der Waals surface area contributed by atoms with Gasteiger partial charge >= 0.3 is 0 Å². The highest BCUT2D eigenvalue weighted by atomic mass is 32.1. The molecule has 0 bridgehead atoms. The molecule has 2 rings (SSSR count). The van der Waals surface area contributed by atoms with Gasteiger partial charge in [-0.1, -0.05) is 42.5 Å². The average molecular weight is 244 g/mol. The molecule has 88 valence electrons. The molecule has 1 atom stereocenters. The third kappa shape index (κ3) is 2.56.